The average Bonchev–Trinajstić information content (AvgIpc) is 2.83. The van der Waals surface area contributed by atoms with Crippen molar-refractivity contribution < 1.29 is 5.11 Å². The molecule has 0 aliphatic carbocycles. The van der Waals surface area contributed by atoms with E-state index >= 15 is 0 Å². The Labute approximate surface area is 116 Å². The lowest BCUT2D eigenvalue weighted by Gasteiger charge is -2.14. The van der Waals surface area contributed by atoms with Crippen LogP contribution >= 0.6 is 22.9 Å². The van der Waals surface area contributed by atoms with Crippen molar-refractivity contribution in [3.63, 3.8) is 0 Å². The van der Waals surface area contributed by atoms with E-state index in [2.05, 4.69) is 12.2 Å². The molecule has 0 amide bonds. The van der Waals surface area contributed by atoms with Crippen molar-refractivity contribution in [1.29, 1.82) is 0 Å². The van der Waals surface area contributed by atoms with Crippen molar-refractivity contribution in [2.75, 3.05) is 0 Å². The lowest BCUT2D eigenvalue weighted by Crippen LogP contribution is -2.18. The molecule has 1 atom stereocenters. The van der Waals surface area contributed by atoms with Gasteiger partial charge in [-0.25, -0.2) is 0 Å². The van der Waals surface area contributed by atoms with Crippen molar-refractivity contribution in [2.45, 2.75) is 26.1 Å². The second-order valence-corrected chi connectivity index (χ2v) is 5.92. The molecule has 0 spiro atoms. The molecule has 1 heterocycles. The monoisotopic (exact) mass is 281 g/mol. The molecule has 0 aliphatic rings. The maximum absolute atomic E-state index is 9.26. The van der Waals surface area contributed by atoms with Gasteiger partial charge >= 0.3 is 0 Å². The molecule has 0 radical (unpaired) electrons. The number of halogens is 1. The van der Waals surface area contributed by atoms with Gasteiger partial charge in [0.1, 0.15) is 0 Å². The van der Waals surface area contributed by atoms with Crippen LogP contribution in [-0.4, -0.2) is 5.11 Å². The van der Waals surface area contributed by atoms with E-state index in [-0.39, 0.29) is 12.6 Å². The lowest BCUT2D eigenvalue weighted by molar-refractivity contribution is 0.280. The zero-order valence-electron chi connectivity index (χ0n) is 10.2. The molecule has 2 N–H and O–H groups in total. The van der Waals surface area contributed by atoms with Gasteiger partial charge in [-0.05, 0) is 30.2 Å². The highest BCUT2D eigenvalue weighted by molar-refractivity contribution is 7.16. The highest BCUT2D eigenvalue weighted by Gasteiger charge is 2.08. The molecule has 18 heavy (non-hydrogen) atoms. The third-order valence-corrected chi connectivity index (χ3v) is 4.32. The zero-order valence-corrected chi connectivity index (χ0v) is 11.8. The third kappa shape index (κ3) is 3.33. The Bertz CT molecular complexity index is 512. The molecular weight excluding hydrogens is 266 g/mol. The van der Waals surface area contributed by atoms with Crippen molar-refractivity contribution in [3.05, 3.63) is 56.7 Å². The standard InChI is InChI=1S/C14H16ClNOS/c1-10(13-6-7-14(15)18-13)16-8-11-4-2-3-5-12(11)9-17/h2-7,10,16-17H,8-9H2,1H3. The van der Waals surface area contributed by atoms with Crippen LogP contribution in [0.25, 0.3) is 0 Å². The Morgan fingerprint density at radius 3 is 2.56 bits per heavy atom. The van der Waals surface area contributed by atoms with Crippen LogP contribution in [0.2, 0.25) is 4.34 Å². The van der Waals surface area contributed by atoms with Crippen LogP contribution in [0.15, 0.2) is 36.4 Å². The van der Waals surface area contributed by atoms with Gasteiger partial charge in [-0.15, -0.1) is 11.3 Å². The Balaban J connectivity index is 1.99. The largest absolute Gasteiger partial charge is 0.392 e. The van der Waals surface area contributed by atoms with E-state index in [1.807, 2.05) is 36.4 Å². The molecule has 96 valence electrons. The van der Waals surface area contributed by atoms with Gasteiger partial charge in [0.2, 0.25) is 0 Å². The molecule has 0 saturated carbocycles. The van der Waals surface area contributed by atoms with Crippen LogP contribution in [-0.2, 0) is 13.2 Å². The van der Waals surface area contributed by atoms with Gasteiger partial charge < -0.3 is 10.4 Å². The lowest BCUT2D eigenvalue weighted by atomic mass is 10.1. The predicted molar refractivity (Wildman–Crippen MR) is 76.9 cm³/mol. The molecule has 2 rings (SSSR count). The van der Waals surface area contributed by atoms with E-state index in [4.69, 9.17) is 11.6 Å². The minimum Gasteiger partial charge on any atom is -0.392 e. The van der Waals surface area contributed by atoms with Gasteiger partial charge in [-0.2, -0.15) is 0 Å². The van der Waals surface area contributed by atoms with Crippen molar-refractivity contribution in [2.24, 2.45) is 0 Å². The van der Waals surface area contributed by atoms with Gasteiger partial charge in [0.05, 0.1) is 10.9 Å². The second kappa shape index (κ2) is 6.34. The number of rotatable bonds is 5. The number of hydrogen-bond acceptors (Lipinski definition) is 3. The van der Waals surface area contributed by atoms with Gasteiger partial charge in [0.15, 0.2) is 0 Å². The molecule has 1 unspecified atom stereocenters. The summed E-state index contributed by atoms with van der Waals surface area (Å²) in [6.45, 7) is 2.94. The van der Waals surface area contributed by atoms with Crippen LogP contribution in [0.1, 0.15) is 29.0 Å². The van der Waals surface area contributed by atoms with Crippen LogP contribution < -0.4 is 5.32 Å². The normalized spacial score (nSPS) is 12.6. The average molecular weight is 282 g/mol. The molecule has 4 heteroatoms. The molecule has 2 aromatic rings. The van der Waals surface area contributed by atoms with Crippen molar-refractivity contribution in [3.8, 4) is 0 Å². The van der Waals surface area contributed by atoms with Crippen molar-refractivity contribution in [1.82, 2.24) is 5.32 Å². The fourth-order valence-corrected chi connectivity index (χ4v) is 2.90. The number of aliphatic hydroxyl groups is 1. The molecular formula is C14H16ClNOS. The highest BCUT2D eigenvalue weighted by atomic mass is 35.5. The quantitative estimate of drug-likeness (QED) is 0.875. The molecule has 0 saturated heterocycles. The molecule has 0 bridgehead atoms. The van der Waals surface area contributed by atoms with Gasteiger partial charge in [0, 0.05) is 17.5 Å². The van der Waals surface area contributed by atoms with Crippen LogP contribution in [0, 0.1) is 0 Å². The first-order valence-electron chi connectivity index (χ1n) is 5.87. The van der Waals surface area contributed by atoms with E-state index in [9.17, 15) is 5.11 Å². The van der Waals surface area contributed by atoms with E-state index in [1.54, 1.807) is 11.3 Å². The Kier molecular flexibility index (Phi) is 4.78. The molecule has 1 aromatic heterocycles. The van der Waals surface area contributed by atoms with E-state index < -0.39 is 0 Å². The minimum atomic E-state index is 0.0804. The van der Waals surface area contributed by atoms with E-state index in [1.165, 1.54) is 4.88 Å². The third-order valence-electron chi connectivity index (χ3n) is 2.91. The first-order chi connectivity index (χ1) is 8.70. The van der Waals surface area contributed by atoms with E-state index in [0.29, 0.717) is 0 Å². The summed E-state index contributed by atoms with van der Waals surface area (Å²) in [6, 6.07) is 12.1. The van der Waals surface area contributed by atoms with Gasteiger partial charge in [0.25, 0.3) is 0 Å². The summed E-state index contributed by atoms with van der Waals surface area (Å²) in [7, 11) is 0. The summed E-state index contributed by atoms with van der Waals surface area (Å²) in [4.78, 5) is 1.22. The Morgan fingerprint density at radius 2 is 1.94 bits per heavy atom. The van der Waals surface area contributed by atoms with E-state index in [0.717, 1.165) is 22.0 Å². The second-order valence-electron chi connectivity index (χ2n) is 4.17. The Hall–Kier alpha value is -0.870. The van der Waals surface area contributed by atoms with Crippen LogP contribution in [0.4, 0.5) is 0 Å². The fourth-order valence-electron chi connectivity index (χ4n) is 1.81. The van der Waals surface area contributed by atoms with Crippen LogP contribution in [0.5, 0.6) is 0 Å². The summed E-state index contributed by atoms with van der Waals surface area (Å²) in [6.07, 6.45) is 0. The first-order valence-corrected chi connectivity index (χ1v) is 7.06. The predicted octanol–water partition coefficient (Wildman–Crippen LogP) is 3.74. The molecule has 2 nitrogen and oxygen atoms in total. The first kappa shape index (κ1) is 13.6. The van der Waals surface area contributed by atoms with Crippen molar-refractivity contribution >= 4 is 22.9 Å². The van der Waals surface area contributed by atoms with Gasteiger partial charge in [-0.3, -0.25) is 0 Å². The Morgan fingerprint density at radius 1 is 1.22 bits per heavy atom. The SMILES string of the molecule is CC(NCc1ccccc1CO)c1ccc(Cl)s1. The number of aliphatic hydroxyl groups excluding tert-OH is 1. The maximum atomic E-state index is 9.26. The van der Waals surface area contributed by atoms with Crippen LogP contribution in [0.3, 0.4) is 0 Å². The summed E-state index contributed by atoms with van der Waals surface area (Å²) < 4.78 is 0.814. The summed E-state index contributed by atoms with van der Waals surface area (Å²) in [5.41, 5.74) is 2.11. The van der Waals surface area contributed by atoms with Gasteiger partial charge in [-0.1, -0.05) is 35.9 Å². The fraction of sp³-hybridized carbons (Fsp3) is 0.286. The number of hydrogen-bond donors (Lipinski definition) is 2. The zero-order chi connectivity index (χ0) is 13.0. The topological polar surface area (TPSA) is 32.3 Å². The highest BCUT2D eigenvalue weighted by Crippen LogP contribution is 2.26. The smallest absolute Gasteiger partial charge is 0.0931 e. The summed E-state index contributed by atoms with van der Waals surface area (Å²) in [5.74, 6) is 0. The number of nitrogens with one attached hydrogen (secondary N) is 1. The number of benzene rings is 1. The molecule has 0 aliphatic heterocycles. The molecule has 1 aromatic carbocycles. The molecule has 0 fully saturated rings. The number of thiophene rings is 1. The summed E-state index contributed by atoms with van der Waals surface area (Å²) in [5, 5.41) is 12.7. The maximum Gasteiger partial charge on any atom is 0.0931 e. The summed E-state index contributed by atoms with van der Waals surface area (Å²) >= 11 is 7.52. The minimum absolute atomic E-state index is 0.0804.